The minimum Gasteiger partial charge on any atom is -0.486 e. The average Bonchev–Trinajstić information content (AvgIpc) is 2.87. The number of carbonyl (C=O) groups excluding carboxylic acids is 1. The molecule has 0 bridgehead atoms. The Kier molecular flexibility index (Phi) is 5.86. The lowest BCUT2D eigenvalue weighted by Crippen LogP contribution is -2.50. The van der Waals surface area contributed by atoms with Gasteiger partial charge in [0.25, 0.3) is 0 Å². The van der Waals surface area contributed by atoms with Crippen molar-refractivity contribution in [3.05, 3.63) is 48.0 Å². The Balaban J connectivity index is 1.20. The average molecular weight is 473 g/mol. The van der Waals surface area contributed by atoms with Crippen molar-refractivity contribution in [1.29, 1.82) is 0 Å². The first-order valence-electron chi connectivity index (χ1n) is 10.8. The minimum absolute atomic E-state index is 0.157. The third-order valence-corrected chi connectivity index (χ3v) is 7.58. The number of piperazine rings is 1. The van der Waals surface area contributed by atoms with Crippen molar-refractivity contribution in [2.24, 2.45) is 0 Å². The van der Waals surface area contributed by atoms with Crippen LogP contribution in [0.4, 0.5) is 0 Å². The van der Waals surface area contributed by atoms with Crippen LogP contribution >= 0.6 is 0 Å². The number of fused-ring (bicyclic) bond motifs is 2. The summed E-state index contributed by atoms with van der Waals surface area (Å²) in [6.45, 7) is 2.92. The molecule has 2 aromatic carbocycles. The Bertz CT molecular complexity index is 1190. The van der Waals surface area contributed by atoms with Crippen LogP contribution < -0.4 is 18.9 Å². The van der Waals surface area contributed by atoms with Crippen molar-refractivity contribution in [3.8, 4) is 23.0 Å². The van der Waals surface area contributed by atoms with Crippen LogP contribution in [-0.4, -0.2) is 76.1 Å². The molecule has 33 heavy (non-hydrogen) atoms. The summed E-state index contributed by atoms with van der Waals surface area (Å²) >= 11 is 0. The highest BCUT2D eigenvalue weighted by Crippen LogP contribution is 2.33. The van der Waals surface area contributed by atoms with Crippen LogP contribution in [0.5, 0.6) is 23.0 Å². The number of sulfonamides is 1. The predicted molar refractivity (Wildman–Crippen MR) is 119 cm³/mol. The van der Waals surface area contributed by atoms with Crippen molar-refractivity contribution in [1.82, 2.24) is 9.21 Å². The zero-order valence-electron chi connectivity index (χ0n) is 17.9. The van der Waals surface area contributed by atoms with E-state index >= 15 is 0 Å². The third kappa shape index (κ3) is 4.49. The highest BCUT2D eigenvalue weighted by Gasteiger charge is 2.30. The number of amides is 1. The number of hydrogen-bond donors (Lipinski definition) is 0. The molecule has 0 saturated carbocycles. The van der Waals surface area contributed by atoms with Crippen molar-refractivity contribution in [2.75, 3.05) is 52.6 Å². The standard InChI is InChI=1S/C23H24N2O7S/c26-23(6-2-17-1-4-19-21(15-17)31-13-11-29-19)24-7-9-25(10-8-24)33(27,28)18-3-5-20-22(16-18)32-14-12-30-20/h1-6,15-16H,7-14H2/b6-2+. The van der Waals surface area contributed by atoms with Gasteiger partial charge in [-0.1, -0.05) is 6.07 Å². The minimum atomic E-state index is -3.69. The van der Waals surface area contributed by atoms with Gasteiger partial charge in [-0.3, -0.25) is 4.79 Å². The summed E-state index contributed by atoms with van der Waals surface area (Å²) in [5.41, 5.74) is 0.826. The largest absolute Gasteiger partial charge is 0.486 e. The van der Waals surface area contributed by atoms with E-state index in [-0.39, 0.29) is 23.9 Å². The molecular weight excluding hydrogens is 448 g/mol. The maximum absolute atomic E-state index is 13.1. The first kappa shape index (κ1) is 21.6. The number of benzene rings is 2. The lowest BCUT2D eigenvalue weighted by atomic mass is 10.1. The van der Waals surface area contributed by atoms with E-state index in [0.717, 1.165) is 5.56 Å². The summed E-state index contributed by atoms with van der Waals surface area (Å²) in [6.07, 6.45) is 3.22. The molecule has 0 aromatic heterocycles. The molecular formula is C23H24N2O7S. The molecule has 2 aromatic rings. The maximum Gasteiger partial charge on any atom is 0.246 e. The van der Waals surface area contributed by atoms with Gasteiger partial charge in [-0.15, -0.1) is 0 Å². The summed E-state index contributed by atoms with van der Waals surface area (Å²) in [5, 5.41) is 0. The maximum atomic E-state index is 13.1. The molecule has 10 heteroatoms. The van der Waals surface area contributed by atoms with Crippen LogP contribution in [0.3, 0.4) is 0 Å². The van der Waals surface area contributed by atoms with Gasteiger partial charge < -0.3 is 23.8 Å². The molecule has 174 valence electrons. The van der Waals surface area contributed by atoms with Crippen LogP contribution in [0.15, 0.2) is 47.4 Å². The summed E-state index contributed by atoms with van der Waals surface area (Å²) in [5.74, 6) is 2.16. The molecule has 0 aliphatic carbocycles. The van der Waals surface area contributed by atoms with Gasteiger partial charge in [0.2, 0.25) is 15.9 Å². The molecule has 0 radical (unpaired) electrons. The van der Waals surface area contributed by atoms with Crippen LogP contribution in [-0.2, 0) is 14.8 Å². The first-order valence-corrected chi connectivity index (χ1v) is 12.2. The molecule has 3 aliphatic heterocycles. The second-order valence-corrected chi connectivity index (χ2v) is 9.71. The first-order chi connectivity index (χ1) is 16.0. The van der Waals surface area contributed by atoms with E-state index in [0.29, 0.717) is 62.5 Å². The summed E-state index contributed by atoms with van der Waals surface area (Å²) in [6, 6.07) is 10.1. The molecule has 3 heterocycles. The number of nitrogens with zero attached hydrogens (tertiary/aromatic N) is 2. The smallest absolute Gasteiger partial charge is 0.246 e. The van der Waals surface area contributed by atoms with Crippen molar-refractivity contribution in [3.63, 3.8) is 0 Å². The van der Waals surface area contributed by atoms with E-state index in [9.17, 15) is 13.2 Å². The number of ether oxygens (including phenoxy) is 4. The second kappa shape index (κ2) is 8.95. The van der Waals surface area contributed by atoms with E-state index in [2.05, 4.69) is 0 Å². The van der Waals surface area contributed by atoms with Gasteiger partial charge in [-0.05, 0) is 35.9 Å². The topological polar surface area (TPSA) is 94.6 Å². The number of carbonyl (C=O) groups is 1. The van der Waals surface area contributed by atoms with Crippen LogP contribution in [0.1, 0.15) is 5.56 Å². The highest BCUT2D eigenvalue weighted by atomic mass is 32.2. The normalized spacial score (nSPS) is 18.4. The molecule has 0 unspecified atom stereocenters. The Morgan fingerprint density at radius 1 is 0.758 bits per heavy atom. The predicted octanol–water partition coefficient (Wildman–Crippen LogP) is 1.78. The monoisotopic (exact) mass is 472 g/mol. The lowest BCUT2D eigenvalue weighted by Gasteiger charge is -2.33. The van der Waals surface area contributed by atoms with E-state index < -0.39 is 10.0 Å². The van der Waals surface area contributed by atoms with Gasteiger partial charge in [-0.25, -0.2) is 8.42 Å². The van der Waals surface area contributed by atoms with Crippen molar-refractivity contribution < 1.29 is 32.2 Å². The molecule has 0 spiro atoms. The fourth-order valence-electron chi connectivity index (χ4n) is 3.92. The SMILES string of the molecule is O=C(/C=C/c1ccc2c(c1)OCCO2)N1CCN(S(=O)(=O)c2ccc3c(c2)OCCO3)CC1. The molecule has 3 aliphatic rings. The van der Waals surface area contributed by atoms with Crippen LogP contribution in [0, 0.1) is 0 Å². The van der Waals surface area contributed by atoms with E-state index in [1.54, 1.807) is 17.0 Å². The van der Waals surface area contributed by atoms with E-state index in [4.69, 9.17) is 18.9 Å². The second-order valence-electron chi connectivity index (χ2n) is 7.77. The Hall–Kier alpha value is -3.24. The zero-order valence-corrected chi connectivity index (χ0v) is 18.8. The molecule has 5 rings (SSSR count). The van der Waals surface area contributed by atoms with Crippen molar-refractivity contribution >= 4 is 22.0 Å². The summed E-state index contributed by atoms with van der Waals surface area (Å²) in [4.78, 5) is 14.4. The highest BCUT2D eigenvalue weighted by molar-refractivity contribution is 7.89. The fourth-order valence-corrected chi connectivity index (χ4v) is 5.36. The number of rotatable bonds is 4. The quantitative estimate of drug-likeness (QED) is 0.626. The number of hydrogen-bond acceptors (Lipinski definition) is 7. The van der Waals surface area contributed by atoms with E-state index in [1.807, 2.05) is 18.2 Å². The fraction of sp³-hybridized carbons (Fsp3) is 0.348. The lowest BCUT2D eigenvalue weighted by molar-refractivity contribution is -0.127. The van der Waals surface area contributed by atoms with Crippen molar-refractivity contribution in [2.45, 2.75) is 4.90 Å². The van der Waals surface area contributed by atoms with Gasteiger partial charge >= 0.3 is 0 Å². The van der Waals surface area contributed by atoms with Gasteiger partial charge in [0.1, 0.15) is 26.4 Å². The van der Waals surface area contributed by atoms with Gasteiger partial charge in [0.15, 0.2) is 23.0 Å². The molecule has 0 N–H and O–H groups in total. The Morgan fingerprint density at radius 3 is 2.00 bits per heavy atom. The zero-order chi connectivity index (χ0) is 22.8. The van der Waals surface area contributed by atoms with Gasteiger partial charge in [-0.2, -0.15) is 4.31 Å². The molecule has 1 amide bonds. The Morgan fingerprint density at radius 2 is 1.33 bits per heavy atom. The van der Waals surface area contributed by atoms with E-state index in [1.165, 1.54) is 22.5 Å². The third-order valence-electron chi connectivity index (χ3n) is 5.69. The molecule has 1 saturated heterocycles. The molecule has 1 fully saturated rings. The van der Waals surface area contributed by atoms with Gasteiger partial charge in [0, 0.05) is 38.3 Å². The van der Waals surface area contributed by atoms with Gasteiger partial charge in [0.05, 0.1) is 4.90 Å². The summed E-state index contributed by atoms with van der Waals surface area (Å²) < 4.78 is 49.6. The molecule has 0 atom stereocenters. The van der Waals surface area contributed by atoms with Crippen LogP contribution in [0.2, 0.25) is 0 Å². The summed E-state index contributed by atoms with van der Waals surface area (Å²) in [7, 11) is -3.69. The van der Waals surface area contributed by atoms with Crippen LogP contribution in [0.25, 0.3) is 6.08 Å². The molecule has 9 nitrogen and oxygen atoms in total. The Labute approximate surface area is 192 Å².